The van der Waals surface area contributed by atoms with Crippen LogP contribution in [0.3, 0.4) is 0 Å². The van der Waals surface area contributed by atoms with Gasteiger partial charge < -0.3 is 11.1 Å². The van der Waals surface area contributed by atoms with Gasteiger partial charge in [0.25, 0.3) is 0 Å². The number of carbonyl (C=O) groups is 2. The molecule has 3 N–H and O–H groups in total. The number of carbonyl (C=O) groups excluding carboxylic acids is 2. The third-order valence-electron chi connectivity index (χ3n) is 3.62. The van der Waals surface area contributed by atoms with E-state index >= 15 is 0 Å². The molecular weight excluding hydrogens is 314 g/mol. The highest BCUT2D eigenvalue weighted by molar-refractivity contribution is 5.81. The van der Waals surface area contributed by atoms with Crippen LogP contribution in [-0.4, -0.2) is 18.4 Å². The Bertz CT molecular complexity index is 700. The molecule has 2 aromatic rings. The standard InChI is InChI=1S/C18H18F2N2O2/c19-15-5-1-12(2-6-15)9-14(18(21)24)11-22-17(23)10-13-3-7-16(20)8-4-13/h1-8,14H,9-11H2,(H2,21,24)(H,22,23)/t14-/m0/s1. The first-order valence-electron chi connectivity index (χ1n) is 7.49. The molecule has 0 fully saturated rings. The fourth-order valence-electron chi connectivity index (χ4n) is 2.27. The number of amides is 2. The molecule has 2 aromatic carbocycles. The van der Waals surface area contributed by atoms with Crippen LogP contribution < -0.4 is 11.1 Å². The Morgan fingerprint density at radius 3 is 1.92 bits per heavy atom. The molecule has 0 bridgehead atoms. The van der Waals surface area contributed by atoms with E-state index in [0.717, 1.165) is 5.56 Å². The molecule has 0 unspecified atom stereocenters. The predicted molar refractivity (Wildman–Crippen MR) is 85.9 cm³/mol. The van der Waals surface area contributed by atoms with Crippen LogP contribution in [0.2, 0.25) is 0 Å². The van der Waals surface area contributed by atoms with E-state index < -0.39 is 11.8 Å². The number of halogens is 2. The van der Waals surface area contributed by atoms with Gasteiger partial charge in [-0.25, -0.2) is 8.78 Å². The first kappa shape index (κ1) is 17.6. The molecule has 0 heterocycles. The van der Waals surface area contributed by atoms with Crippen LogP contribution in [0, 0.1) is 17.6 Å². The summed E-state index contributed by atoms with van der Waals surface area (Å²) in [6, 6.07) is 11.4. The molecule has 0 aliphatic carbocycles. The number of nitrogens with two attached hydrogens (primary N) is 1. The Morgan fingerprint density at radius 2 is 1.42 bits per heavy atom. The maximum Gasteiger partial charge on any atom is 0.224 e. The van der Waals surface area contributed by atoms with Crippen LogP contribution in [0.25, 0.3) is 0 Å². The topological polar surface area (TPSA) is 72.2 Å². The van der Waals surface area contributed by atoms with Gasteiger partial charge in [-0.15, -0.1) is 0 Å². The number of hydrogen-bond donors (Lipinski definition) is 2. The summed E-state index contributed by atoms with van der Waals surface area (Å²) in [7, 11) is 0. The van der Waals surface area contributed by atoms with E-state index in [1.807, 2.05) is 0 Å². The number of benzene rings is 2. The molecule has 24 heavy (non-hydrogen) atoms. The van der Waals surface area contributed by atoms with Gasteiger partial charge in [0.1, 0.15) is 11.6 Å². The summed E-state index contributed by atoms with van der Waals surface area (Å²) in [4.78, 5) is 23.4. The van der Waals surface area contributed by atoms with E-state index in [2.05, 4.69) is 5.32 Å². The Labute approximate surface area is 138 Å². The lowest BCUT2D eigenvalue weighted by molar-refractivity contribution is -0.123. The van der Waals surface area contributed by atoms with Gasteiger partial charge in [0.05, 0.1) is 12.3 Å². The van der Waals surface area contributed by atoms with Crippen molar-refractivity contribution < 1.29 is 18.4 Å². The summed E-state index contributed by atoms with van der Waals surface area (Å²) in [5.41, 5.74) is 6.79. The van der Waals surface area contributed by atoms with Gasteiger partial charge in [-0.05, 0) is 41.8 Å². The molecule has 1 atom stereocenters. The molecule has 0 aliphatic rings. The molecular formula is C18H18F2N2O2. The minimum atomic E-state index is -0.590. The number of hydrogen-bond acceptors (Lipinski definition) is 2. The highest BCUT2D eigenvalue weighted by Crippen LogP contribution is 2.10. The second-order valence-electron chi connectivity index (χ2n) is 5.54. The van der Waals surface area contributed by atoms with Crippen molar-refractivity contribution in [2.45, 2.75) is 12.8 Å². The normalized spacial score (nSPS) is 11.8. The van der Waals surface area contributed by atoms with Crippen molar-refractivity contribution in [1.29, 1.82) is 0 Å². The summed E-state index contributed by atoms with van der Waals surface area (Å²) >= 11 is 0. The van der Waals surface area contributed by atoms with Crippen molar-refractivity contribution in [2.75, 3.05) is 6.54 Å². The van der Waals surface area contributed by atoms with E-state index in [1.165, 1.54) is 36.4 Å². The molecule has 0 aromatic heterocycles. The van der Waals surface area contributed by atoms with Gasteiger partial charge in [0, 0.05) is 6.54 Å². The maximum absolute atomic E-state index is 12.9. The largest absolute Gasteiger partial charge is 0.369 e. The van der Waals surface area contributed by atoms with E-state index in [0.29, 0.717) is 12.0 Å². The smallest absolute Gasteiger partial charge is 0.224 e. The van der Waals surface area contributed by atoms with Crippen molar-refractivity contribution in [2.24, 2.45) is 11.7 Å². The Kier molecular flexibility index (Phi) is 6.01. The van der Waals surface area contributed by atoms with Crippen LogP contribution in [-0.2, 0) is 22.4 Å². The van der Waals surface area contributed by atoms with Gasteiger partial charge in [-0.3, -0.25) is 9.59 Å². The van der Waals surface area contributed by atoms with Gasteiger partial charge in [0.2, 0.25) is 11.8 Å². The molecule has 2 rings (SSSR count). The quantitative estimate of drug-likeness (QED) is 0.814. The van der Waals surface area contributed by atoms with Crippen molar-refractivity contribution >= 4 is 11.8 Å². The van der Waals surface area contributed by atoms with Crippen molar-refractivity contribution in [3.05, 3.63) is 71.3 Å². The third-order valence-corrected chi connectivity index (χ3v) is 3.62. The van der Waals surface area contributed by atoms with Crippen LogP contribution in [0.5, 0.6) is 0 Å². The molecule has 126 valence electrons. The summed E-state index contributed by atoms with van der Waals surface area (Å²) in [5, 5.41) is 2.65. The zero-order valence-electron chi connectivity index (χ0n) is 13.0. The van der Waals surface area contributed by atoms with Gasteiger partial charge in [0.15, 0.2) is 0 Å². The highest BCUT2D eigenvalue weighted by atomic mass is 19.1. The van der Waals surface area contributed by atoms with E-state index in [-0.39, 0.29) is 30.5 Å². The Morgan fingerprint density at radius 1 is 0.917 bits per heavy atom. The minimum absolute atomic E-state index is 0.0856. The highest BCUT2D eigenvalue weighted by Gasteiger charge is 2.17. The number of primary amides is 1. The molecule has 0 saturated heterocycles. The number of rotatable bonds is 7. The first-order chi connectivity index (χ1) is 11.4. The van der Waals surface area contributed by atoms with Crippen LogP contribution in [0.1, 0.15) is 11.1 Å². The summed E-state index contributed by atoms with van der Waals surface area (Å²) in [6.07, 6.45) is 0.398. The second-order valence-corrected chi connectivity index (χ2v) is 5.54. The van der Waals surface area contributed by atoms with Crippen molar-refractivity contribution in [3.8, 4) is 0 Å². The minimum Gasteiger partial charge on any atom is -0.369 e. The van der Waals surface area contributed by atoms with E-state index in [9.17, 15) is 18.4 Å². The summed E-state index contributed by atoms with van der Waals surface area (Å²) in [5.74, 6) is -2.14. The van der Waals surface area contributed by atoms with Crippen molar-refractivity contribution in [1.82, 2.24) is 5.32 Å². The predicted octanol–water partition coefficient (Wildman–Crippen LogP) is 1.97. The fourth-order valence-corrected chi connectivity index (χ4v) is 2.27. The molecule has 2 amide bonds. The molecule has 0 radical (unpaired) electrons. The molecule has 4 nitrogen and oxygen atoms in total. The SMILES string of the molecule is NC(=O)[C@H](CNC(=O)Cc1ccc(F)cc1)Cc1ccc(F)cc1. The molecule has 0 saturated carbocycles. The third kappa shape index (κ3) is 5.46. The lowest BCUT2D eigenvalue weighted by Crippen LogP contribution is -2.37. The Balaban J connectivity index is 1.88. The zero-order valence-corrected chi connectivity index (χ0v) is 13.0. The monoisotopic (exact) mass is 332 g/mol. The van der Waals surface area contributed by atoms with Crippen LogP contribution >= 0.6 is 0 Å². The van der Waals surface area contributed by atoms with Crippen LogP contribution in [0.4, 0.5) is 8.78 Å². The lowest BCUT2D eigenvalue weighted by Gasteiger charge is -2.14. The Hall–Kier alpha value is -2.76. The summed E-state index contributed by atoms with van der Waals surface area (Å²) in [6.45, 7) is 0.0900. The van der Waals surface area contributed by atoms with E-state index in [4.69, 9.17) is 5.73 Å². The van der Waals surface area contributed by atoms with Gasteiger partial charge >= 0.3 is 0 Å². The van der Waals surface area contributed by atoms with Crippen LogP contribution in [0.15, 0.2) is 48.5 Å². The average Bonchev–Trinajstić information content (AvgIpc) is 2.55. The molecule has 6 heteroatoms. The van der Waals surface area contributed by atoms with E-state index in [1.54, 1.807) is 12.1 Å². The maximum atomic E-state index is 12.9. The zero-order chi connectivity index (χ0) is 17.5. The second kappa shape index (κ2) is 8.19. The number of nitrogens with one attached hydrogen (secondary N) is 1. The first-order valence-corrected chi connectivity index (χ1v) is 7.49. The fraction of sp³-hybridized carbons (Fsp3) is 0.222. The van der Waals surface area contributed by atoms with Gasteiger partial charge in [-0.1, -0.05) is 24.3 Å². The molecule has 0 aliphatic heterocycles. The molecule has 0 spiro atoms. The average molecular weight is 332 g/mol. The summed E-state index contributed by atoms with van der Waals surface area (Å²) < 4.78 is 25.7. The lowest BCUT2D eigenvalue weighted by atomic mass is 9.98. The van der Waals surface area contributed by atoms with Gasteiger partial charge in [-0.2, -0.15) is 0 Å². The van der Waals surface area contributed by atoms with Crippen molar-refractivity contribution in [3.63, 3.8) is 0 Å².